The normalized spacial score (nSPS) is 14.5. The first-order chi connectivity index (χ1) is 8.71. The molecule has 0 unspecified atom stereocenters. The molecular formula is C13H12F7. The van der Waals surface area contributed by atoms with E-state index in [4.69, 9.17) is 0 Å². The highest BCUT2D eigenvalue weighted by atomic mass is 19.4. The summed E-state index contributed by atoms with van der Waals surface area (Å²) in [6, 6.07) is 4.38. The summed E-state index contributed by atoms with van der Waals surface area (Å²) in [4.78, 5) is 0. The Hall–Kier alpha value is -1.27. The first kappa shape index (κ1) is 16.8. The van der Waals surface area contributed by atoms with Gasteiger partial charge in [-0.1, -0.05) is 39.0 Å². The summed E-state index contributed by atoms with van der Waals surface area (Å²) in [7, 11) is 0. The van der Waals surface area contributed by atoms with Gasteiger partial charge >= 0.3 is 18.0 Å². The van der Waals surface area contributed by atoms with Gasteiger partial charge in [0.25, 0.3) is 0 Å². The van der Waals surface area contributed by atoms with Crippen molar-refractivity contribution in [2.75, 3.05) is 0 Å². The molecule has 1 aromatic carbocycles. The Morgan fingerprint density at radius 2 is 1.30 bits per heavy atom. The summed E-state index contributed by atoms with van der Waals surface area (Å²) in [5, 5.41) is 0. The van der Waals surface area contributed by atoms with Gasteiger partial charge in [0.1, 0.15) is 0 Å². The van der Waals surface area contributed by atoms with E-state index in [9.17, 15) is 30.7 Å². The molecule has 0 N–H and O–H groups in total. The summed E-state index contributed by atoms with van der Waals surface area (Å²) in [5.74, 6) is 0. The third-order valence-corrected chi connectivity index (χ3v) is 2.79. The van der Waals surface area contributed by atoms with Crippen LogP contribution in [0.1, 0.15) is 31.9 Å². The Balaban J connectivity index is 3.53. The van der Waals surface area contributed by atoms with E-state index in [-0.39, 0.29) is 5.56 Å². The van der Waals surface area contributed by atoms with Crippen LogP contribution in [0.4, 0.5) is 30.7 Å². The third kappa shape index (κ3) is 2.76. The van der Waals surface area contributed by atoms with Crippen LogP contribution >= 0.6 is 0 Å². The summed E-state index contributed by atoms with van der Waals surface area (Å²) in [5.41, 5.74) is -7.57. The van der Waals surface area contributed by atoms with Crippen LogP contribution in [-0.4, -0.2) is 12.4 Å². The number of alkyl halides is 7. The molecule has 20 heavy (non-hydrogen) atoms. The molecular weight excluding hydrogens is 289 g/mol. The number of benzene rings is 1. The van der Waals surface area contributed by atoms with Crippen molar-refractivity contribution in [3.8, 4) is 0 Å². The Morgan fingerprint density at radius 1 is 0.850 bits per heavy atom. The zero-order valence-electron chi connectivity index (χ0n) is 10.9. The Kier molecular flexibility index (Phi) is 3.89. The van der Waals surface area contributed by atoms with E-state index < -0.39 is 29.0 Å². The second-order valence-corrected chi connectivity index (χ2v) is 5.40. The van der Waals surface area contributed by atoms with Gasteiger partial charge in [-0.2, -0.15) is 26.3 Å². The molecule has 0 aliphatic heterocycles. The van der Waals surface area contributed by atoms with Gasteiger partial charge in [0.2, 0.25) is 0 Å². The first-order valence-corrected chi connectivity index (χ1v) is 5.56. The van der Waals surface area contributed by atoms with E-state index in [1.165, 1.54) is 0 Å². The van der Waals surface area contributed by atoms with Gasteiger partial charge in [-0.3, -0.25) is 0 Å². The van der Waals surface area contributed by atoms with Crippen LogP contribution in [0, 0.1) is 6.07 Å². The fourth-order valence-electron chi connectivity index (χ4n) is 1.60. The molecule has 0 bridgehead atoms. The molecule has 0 atom stereocenters. The van der Waals surface area contributed by atoms with Crippen LogP contribution in [0.25, 0.3) is 0 Å². The fraction of sp³-hybridized carbons (Fsp3) is 0.538. The summed E-state index contributed by atoms with van der Waals surface area (Å²) >= 11 is 0. The summed E-state index contributed by atoms with van der Waals surface area (Å²) in [6.45, 7) is 4.72. The molecule has 7 heteroatoms. The standard InChI is InChI=1S/C13H12F7/c1-10(2,3)8-5-4-6-9(7-8)11(14,12(15,16)17)13(18,19)20/h4,6-7H,1-3H3. The van der Waals surface area contributed by atoms with Crippen LogP contribution in [0.2, 0.25) is 0 Å². The second kappa shape index (κ2) is 4.63. The monoisotopic (exact) mass is 301 g/mol. The predicted octanol–water partition coefficient (Wildman–Crippen LogP) is 5.07. The third-order valence-electron chi connectivity index (χ3n) is 2.79. The quantitative estimate of drug-likeness (QED) is 0.635. The lowest BCUT2D eigenvalue weighted by Crippen LogP contribution is -2.50. The second-order valence-electron chi connectivity index (χ2n) is 5.40. The minimum absolute atomic E-state index is 0.0607. The van der Waals surface area contributed by atoms with E-state index in [1.54, 1.807) is 20.8 Å². The lowest BCUT2D eigenvalue weighted by atomic mass is 9.83. The Labute approximate surface area is 111 Å². The van der Waals surface area contributed by atoms with Crippen LogP contribution in [-0.2, 0) is 11.1 Å². The van der Waals surface area contributed by atoms with E-state index in [0.717, 1.165) is 6.07 Å². The van der Waals surface area contributed by atoms with E-state index in [1.807, 2.05) is 0 Å². The van der Waals surface area contributed by atoms with Gasteiger partial charge < -0.3 is 0 Å². The number of rotatable bonds is 1. The SMILES string of the molecule is CC(C)(C)c1[c]ccc(C(F)(C(F)(F)F)C(F)(F)F)c1. The molecule has 1 radical (unpaired) electrons. The number of hydrogen-bond donors (Lipinski definition) is 0. The number of hydrogen-bond acceptors (Lipinski definition) is 0. The largest absolute Gasteiger partial charge is 0.435 e. The molecule has 0 aliphatic rings. The zero-order valence-corrected chi connectivity index (χ0v) is 10.9. The van der Waals surface area contributed by atoms with E-state index in [0.29, 0.717) is 12.1 Å². The van der Waals surface area contributed by atoms with Gasteiger partial charge in [-0.25, -0.2) is 4.39 Å². The molecule has 1 aromatic rings. The molecule has 0 fully saturated rings. The van der Waals surface area contributed by atoms with Crippen molar-refractivity contribution in [1.29, 1.82) is 0 Å². The van der Waals surface area contributed by atoms with Crippen molar-refractivity contribution in [2.45, 2.75) is 44.2 Å². The van der Waals surface area contributed by atoms with Gasteiger partial charge in [0.15, 0.2) is 0 Å². The van der Waals surface area contributed by atoms with Gasteiger partial charge in [0, 0.05) is 5.56 Å². The van der Waals surface area contributed by atoms with E-state index >= 15 is 0 Å². The minimum Gasteiger partial charge on any atom is -0.218 e. The summed E-state index contributed by atoms with van der Waals surface area (Å²) in [6.07, 6.45) is -12.2. The summed E-state index contributed by atoms with van der Waals surface area (Å²) < 4.78 is 89.5. The van der Waals surface area contributed by atoms with Crippen molar-refractivity contribution in [1.82, 2.24) is 0 Å². The molecule has 0 spiro atoms. The van der Waals surface area contributed by atoms with E-state index in [2.05, 4.69) is 6.07 Å². The smallest absolute Gasteiger partial charge is 0.218 e. The molecule has 0 amide bonds. The minimum atomic E-state index is -6.10. The fourth-order valence-corrected chi connectivity index (χ4v) is 1.60. The Bertz CT molecular complexity index is 463. The molecule has 0 nitrogen and oxygen atoms in total. The zero-order chi connectivity index (χ0) is 16.0. The van der Waals surface area contributed by atoms with Crippen LogP contribution in [0.15, 0.2) is 18.2 Å². The molecule has 0 aliphatic carbocycles. The molecule has 0 heterocycles. The van der Waals surface area contributed by atoms with Crippen molar-refractivity contribution in [3.05, 3.63) is 35.4 Å². The topological polar surface area (TPSA) is 0 Å². The van der Waals surface area contributed by atoms with Gasteiger partial charge in [0.05, 0.1) is 0 Å². The highest BCUT2D eigenvalue weighted by Crippen LogP contribution is 2.53. The lowest BCUT2D eigenvalue weighted by Gasteiger charge is -2.31. The van der Waals surface area contributed by atoms with Crippen LogP contribution in [0.5, 0.6) is 0 Å². The maximum absolute atomic E-state index is 13.8. The first-order valence-electron chi connectivity index (χ1n) is 5.56. The molecule has 1 rings (SSSR count). The van der Waals surface area contributed by atoms with Gasteiger partial charge in [-0.05, 0) is 17.0 Å². The number of halogens is 7. The molecule has 0 saturated heterocycles. The lowest BCUT2D eigenvalue weighted by molar-refractivity contribution is -0.348. The van der Waals surface area contributed by atoms with Crippen molar-refractivity contribution in [2.24, 2.45) is 0 Å². The highest BCUT2D eigenvalue weighted by molar-refractivity contribution is 5.33. The molecule has 113 valence electrons. The molecule has 0 aromatic heterocycles. The Morgan fingerprint density at radius 3 is 1.65 bits per heavy atom. The molecule has 0 saturated carbocycles. The van der Waals surface area contributed by atoms with Crippen LogP contribution < -0.4 is 0 Å². The van der Waals surface area contributed by atoms with Crippen molar-refractivity contribution >= 4 is 0 Å². The van der Waals surface area contributed by atoms with Gasteiger partial charge in [-0.15, -0.1) is 0 Å². The highest BCUT2D eigenvalue weighted by Gasteiger charge is 2.73. The van der Waals surface area contributed by atoms with Crippen LogP contribution in [0.3, 0.4) is 0 Å². The predicted molar refractivity (Wildman–Crippen MR) is 58.9 cm³/mol. The van der Waals surface area contributed by atoms with Crippen molar-refractivity contribution < 1.29 is 30.7 Å². The average Bonchev–Trinajstić information content (AvgIpc) is 2.24. The average molecular weight is 301 g/mol. The maximum Gasteiger partial charge on any atom is 0.435 e. The van der Waals surface area contributed by atoms with Crippen molar-refractivity contribution in [3.63, 3.8) is 0 Å². The maximum atomic E-state index is 13.8.